The van der Waals surface area contributed by atoms with Gasteiger partial charge in [0.2, 0.25) is 0 Å². The van der Waals surface area contributed by atoms with Gasteiger partial charge in [0.05, 0.1) is 41.0 Å². The number of hydrogen-bond donors (Lipinski definition) is 1. The Morgan fingerprint density at radius 1 is 1.07 bits per heavy atom. The van der Waals surface area contributed by atoms with Crippen molar-refractivity contribution in [3.8, 4) is 16.9 Å². The van der Waals surface area contributed by atoms with Gasteiger partial charge >= 0.3 is 5.97 Å². The lowest BCUT2D eigenvalue weighted by Gasteiger charge is -2.18. The van der Waals surface area contributed by atoms with Crippen LogP contribution in [0.1, 0.15) is 44.5 Å². The lowest BCUT2D eigenvalue weighted by molar-refractivity contribution is -0.142. The van der Waals surface area contributed by atoms with Gasteiger partial charge in [-0.3, -0.25) is 9.78 Å². The van der Waals surface area contributed by atoms with Crippen LogP contribution in [0, 0.1) is 17.6 Å². The molecule has 0 spiro atoms. The molecular weight excluding hydrogens is 545 g/mol. The first kappa shape index (κ1) is 29.3. The average molecular weight is 575 g/mol. The number of hydrogen-bond acceptors (Lipinski definition) is 6. The van der Waals surface area contributed by atoms with E-state index in [9.17, 15) is 17.8 Å². The summed E-state index contributed by atoms with van der Waals surface area (Å²) in [6.07, 6.45) is 1.22. The largest absolute Gasteiger partial charge is 0.489 e. The molecule has 0 fully saturated rings. The molecule has 0 radical (unpaired) electrons. The predicted octanol–water partition coefficient (Wildman–Crippen LogP) is 6.15. The second-order valence-corrected chi connectivity index (χ2v) is 12.0. The maximum Gasteiger partial charge on any atom is 0.310 e. The maximum atomic E-state index is 15.7. The number of ether oxygens (including phenoxy) is 2. The van der Waals surface area contributed by atoms with Crippen molar-refractivity contribution in [1.82, 2.24) is 9.71 Å². The number of nitrogens with one attached hydrogen (secondary N) is 1. The smallest absolute Gasteiger partial charge is 0.310 e. The van der Waals surface area contributed by atoms with E-state index in [1.54, 1.807) is 39.8 Å². The molecule has 0 aliphatic heterocycles. The number of carbonyl (C=O) groups excluding carboxylic acids is 1. The van der Waals surface area contributed by atoms with Crippen molar-refractivity contribution < 1.29 is 36.1 Å². The standard InChI is InChI=1S/C29H29F3N2O5S/c1-5-37-26(35)14-18-12-20(30)6-7-24(18)38-16-17-10-19-13-25(31)39-28(19)22(11-17)21-8-9-33-23(27(21)32)15-34-40(36)29(2,3)4/h6-13,34H,5,14-16H2,1-4H3. The fraction of sp³-hybridized carbons (Fsp3) is 0.310. The van der Waals surface area contributed by atoms with Gasteiger partial charge in [0.1, 0.15) is 23.8 Å². The van der Waals surface area contributed by atoms with E-state index in [0.717, 1.165) is 0 Å². The number of esters is 1. The van der Waals surface area contributed by atoms with Crippen molar-refractivity contribution in [2.75, 3.05) is 6.61 Å². The van der Waals surface area contributed by atoms with E-state index < -0.39 is 39.4 Å². The SMILES string of the molecule is CCOC(=O)Cc1cc(F)ccc1OCc1cc(-c2ccnc(CNS(=O)C(C)(C)C)c2F)c2oc(F)cc2c1. The third-order valence-corrected chi connectivity index (χ3v) is 7.40. The molecule has 1 unspecified atom stereocenters. The Bertz CT molecular complexity index is 1570. The van der Waals surface area contributed by atoms with Gasteiger partial charge in [-0.1, -0.05) is 0 Å². The van der Waals surface area contributed by atoms with E-state index in [-0.39, 0.29) is 54.3 Å². The highest BCUT2D eigenvalue weighted by Crippen LogP contribution is 2.35. The second kappa shape index (κ2) is 12.2. The zero-order valence-corrected chi connectivity index (χ0v) is 23.3. The van der Waals surface area contributed by atoms with Crippen LogP contribution in [0.15, 0.2) is 53.1 Å². The van der Waals surface area contributed by atoms with Gasteiger partial charge in [0.25, 0.3) is 6.01 Å². The highest BCUT2D eigenvalue weighted by molar-refractivity contribution is 7.84. The first-order valence-electron chi connectivity index (χ1n) is 12.5. The monoisotopic (exact) mass is 574 g/mol. The van der Waals surface area contributed by atoms with E-state index in [2.05, 4.69) is 9.71 Å². The minimum atomic E-state index is -1.44. The Morgan fingerprint density at radius 2 is 1.85 bits per heavy atom. The van der Waals surface area contributed by atoms with Gasteiger partial charge in [-0.25, -0.2) is 17.7 Å². The van der Waals surface area contributed by atoms with Crippen LogP contribution in [-0.2, 0) is 40.1 Å². The van der Waals surface area contributed by atoms with Crippen LogP contribution < -0.4 is 9.46 Å². The van der Waals surface area contributed by atoms with E-state index in [0.29, 0.717) is 16.5 Å². The Morgan fingerprint density at radius 3 is 2.58 bits per heavy atom. The summed E-state index contributed by atoms with van der Waals surface area (Å²) < 4.78 is 74.4. The molecule has 0 saturated heterocycles. The highest BCUT2D eigenvalue weighted by Gasteiger charge is 2.22. The van der Waals surface area contributed by atoms with Gasteiger partial charge in [-0.2, -0.15) is 4.39 Å². The van der Waals surface area contributed by atoms with Crippen molar-refractivity contribution in [3.63, 3.8) is 0 Å². The Balaban J connectivity index is 1.65. The van der Waals surface area contributed by atoms with E-state index in [4.69, 9.17) is 13.9 Å². The number of pyridine rings is 1. The molecule has 0 amide bonds. The van der Waals surface area contributed by atoms with Gasteiger partial charge < -0.3 is 13.9 Å². The Labute approximate surface area is 232 Å². The number of nitrogens with zero attached hydrogens (tertiary/aromatic N) is 1. The fourth-order valence-corrected chi connectivity index (χ4v) is 4.69. The molecule has 0 aliphatic rings. The summed E-state index contributed by atoms with van der Waals surface area (Å²) >= 11 is 0. The Kier molecular flexibility index (Phi) is 8.95. The molecule has 2 aromatic heterocycles. The zero-order valence-electron chi connectivity index (χ0n) is 22.5. The zero-order chi connectivity index (χ0) is 29.0. The van der Waals surface area contributed by atoms with Crippen molar-refractivity contribution in [1.29, 1.82) is 0 Å². The van der Waals surface area contributed by atoms with E-state index in [1.807, 2.05) is 0 Å². The third-order valence-electron chi connectivity index (χ3n) is 5.88. The molecule has 7 nitrogen and oxygen atoms in total. The lowest BCUT2D eigenvalue weighted by atomic mass is 10.00. The number of carbonyl (C=O) groups is 1. The molecule has 11 heteroatoms. The van der Waals surface area contributed by atoms with Crippen LogP contribution >= 0.6 is 0 Å². The number of furan rings is 1. The molecule has 4 aromatic rings. The van der Waals surface area contributed by atoms with Crippen LogP contribution in [0.5, 0.6) is 5.75 Å². The van der Waals surface area contributed by atoms with Crippen LogP contribution in [0.2, 0.25) is 0 Å². The van der Waals surface area contributed by atoms with Crippen molar-refractivity contribution >= 4 is 27.9 Å². The van der Waals surface area contributed by atoms with Crippen molar-refractivity contribution in [2.24, 2.45) is 0 Å². The van der Waals surface area contributed by atoms with Crippen molar-refractivity contribution in [3.05, 3.63) is 83.1 Å². The minimum Gasteiger partial charge on any atom is -0.489 e. The summed E-state index contributed by atoms with van der Waals surface area (Å²) in [6.45, 7) is 7.09. The van der Waals surface area contributed by atoms with Gasteiger partial charge in [-0.15, -0.1) is 0 Å². The van der Waals surface area contributed by atoms with Gasteiger partial charge in [0, 0.05) is 34.3 Å². The molecule has 2 aromatic carbocycles. The van der Waals surface area contributed by atoms with Gasteiger partial charge in [0.15, 0.2) is 5.82 Å². The number of rotatable bonds is 10. The number of aromatic nitrogens is 1. The molecule has 4 rings (SSSR count). The Hall–Kier alpha value is -3.70. The third kappa shape index (κ3) is 6.89. The quantitative estimate of drug-likeness (QED) is 0.229. The van der Waals surface area contributed by atoms with E-state index in [1.165, 1.54) is 36.5 Å². The molecule has 2 heterocycles. The summed E-state index contributed by atoms with van der Waals surface area (Å²) in [5.41, 5.74) is 1.39. The molecule has 1 atom stereocenters. The van der Waals surface area contributed by atoms with E-state index >= 15 is 4.39 Å². The highest BCUT2D eigenvalue weighted by atomic mass is 32.2. The lowest BCUT2D eigenvalue weighted by Crippen LogP contribution is -2.33. The predicted molar refractivity (Wildman–Crippen MR) is 145 cm³/mol. The molecule has 1 N–H and O–H groups in total. The van der Waals surface area contributed by atoms with Gasteiger partial charge in [-0.05, 0) is 69.7 Å². The number of halogens is 3. The number of fused-ring (bicyclic) bond motifs is 1. The van der Waals surface area contributed by atoms with Crippen LogP contribution in [0.4, 0.5) is 13.2 Å². The minimum absolute atomic E-state index is 0.0341. The normalized spacial score (nSPS) is 12.5. The maximum absolute atomic E-state index is 15.7. The fourth-order valence-electron chi connectivity index (χ4n) is 3.99. The first-order chi connectivity index (χ1) is 19.0. The average Bonchev–Trinajstić information content (AvgIpc) is 3.26. The second-order valence-electron chi connectivity index (χ2n) is 9.96. The summed E-state index contributed by atoms with van der Waals surface area (Å²) in [7, 11) is -1.44. The van der Waals surface area contributed by atoms with Crippen LogP contribution in [0.25, 0.3) is 22.1 Å². The molecule has 212 valence electrons. The molecule has 0 aliphatic carbocycles. The van der Waals surface area contributed by atoms with Crippen molar-refractivity contribution in [2.45, 2.75) is 52.0 Å². The molecular formula is C29H29F3N2O5S. The topological polar surface area (TPSA) is 90.7 Å². The first-order valence-corrected chi connectivity index (χ1v) is 13.7. The molecule has 0 saturated carbocycles. The summed E-state index contributed by atoms with van der Waals surface area (Å²) in [6, 6.07) is 8.82. The summed E-state index contributed by atoms with van der Waals surface area (Å²) in [5.74, 6) is -1.47. The van der Waals surface area contributed by atoms with Crippen LogP contribution in [-0.4, -0.2) is 26.5 Å². The summed E-state index contributed by atoms with van der Waals surface area (Å²) in [5, 5.41) is 0.379. The molecule has 0 bridgehead atoms. The summed E-state index contributed by atoms with van der Waals surface area (Å²) in [4.78, 5) is 16.1. The number of benzene rings is 2. The van der Waals surface area contributed by atoms with Crippen LogP contribution in [0.3, 0.4) is 0 Å². The molecule has 40 heavy (non-hydrogen) atoms.